The molecule has 0 radical (unpaired) electrons. The second-order valence-electron chi connectivity index (χ2n) is 15.5. The fourth-order valence-corrected chi connectivity index (χ4v) is 10.9. The zero-order chi connectivity index (χ0) is 38.6. The standard InChI is InChI=1S/C55H31N3S/c1-2-12-35(13-3-1)53-56-54(58-55(57-53)45-19-5-4-17-38(45)43-23-11-24-44-39-18-6-7-25-47(39)59-52(43)44)37-30-36-29-28-34-15-9-21-41-40-20-8-14-32-26-27-33-16-10-22-42(50(33)48(32)40)46(31-37)51(36)49(34)41/h1-31H. The third kappa shape index (κ3) is 4.84. The topological polar surface area (TPSA) is 38.7 Å². The Bertz CT molecular complexity index is 3840. The van der Waals surface area contributed by atoms with Crippen LogP contribution in [0.5, 0.6) is 0 Å². The van der Waals surface area contributed by atoms with Crippen LogP contribution in [0.1, 0.15) is 0 Å². The molecule has 13 rings (SSSR count). The van der Waals surface area contributed by atoms with Gasteiger partial charge in [0.2, 0.25) is 0 Å². The number of nitrogens with zero attached hydrogens (tertiary/aromatic N) is 3. The Morgan fingerprint density at radius 3 is 1.49 bits per heavy atom. The van der Waals surface area contributed by atoms with Gasteiger partial charge in [-0.1, -0.05) is 170 Å². The lowest BCUT2D eigenvalue weighted by Gasteiger charge is -2.17. The molecule has 4 heteroatoms. The quantitative estimate of drug-likeness (QED) is 0.168. The summed E-state index contributed by atoms with van der Waals surface area (Å²) in [5.74, 6) is 1.93. The summed E-state index contributed by atoms with van der Waals surface area (Å²) in [6.45, 7) is 0. The number of thiophene rings is 1. The summed E-state index contributed by atoms with van der Waals surface area (Å²) in [5.41, 5.74) is 5.14. The first kappa shape index (κ1) is 32.5. The number of hydrogen-bond acceptors (Lipinski definition) is 4. The van der Waals surface area contributed by atoms with Crippen LogP contribution >= 0.6 is 11.3 Å². The van der Waals surface area contributed by atoms with E-state index in [9.17, 15) is 0 Å². The molecule has 0 aliphatic heterocycles. The maximum Gasteiger partial charge on any atom is 0.164 e. The predicted octanol–water partition coefficient (Wildman–Crippen LogP) is 15.3. The lowest BCUT2D eigenvalue weighted by atomic mass is 9.87. The number of rotatable bonds is 4. The van der Waals surface area contributed by atoms with Crippen molar-refractivity contribution in [1.29, 1.82) is 0 Å². The van der Waals surface area contributed by atoms with Gasteiger partial charge in [0.1, 0.15) is 0 Å². The molecular formula is C55H31N3S. The van der Waals surface area contributed by atoms with E-state index in [2.05, 4.69) is 170 Å². The van der Waals surface area contributed by atoms with E-state index in [1.165, 1.54) is 85.0 Å². The van der Waals surface area contributed by atoms with Gasteiger partial charge < -0.3 is 0 Å². The number of hydrogen-bond donors (Lipinski definition) is 0. The van der Waals surface area contributed by atoms with E-state index in [-0.39, 0.29) is 0 Å². The van der Waals surface area contributed by atoms with Crippen molar-refractivity contribution < 1.29 is 0 Å². The Labute approximate surface area is 342 Å². The third-order valence-electron chi connectivity index (χ3n) is 12.2. The Kier molecular flexibility index (Phi) is 6.89. The summed E-state index contributed by atoms with van der Waals surface area (Å²) in [6.07, 6.45) is 0. The molecule has 13 aromatic rings. The summed E-state index contributed by atoms with van der Waals surface area (Å²) in [7, 11) is 0. The van der Waals surface area contributed by atoms with Gasteiger partial charge in [-0.3, -0.25) is 0 Å². The molecule has 2 aromatic heterocycles. The maximum atomic E-state index is 5.42. The van der Waals surface area contributed by atoms with E-state index in [0.717, 1.165) is 27.6 Å². The largest absolute Gasteiger partial charge is 0.208 e. The van der Waals surface area contributed by atoms with Crippen LogP contribution in [0.15, 0.2) is 188 Å². The van der Waals surface area contributed by atoms with Crippen molar-refractivity contribution in [2.24, 2.45) is 0 Å². The molecule has 0 N–H and O–H groups in total. The Hall–Kier alpha value is -7.53. The molecule has 59 heavy (non-hydrogen) atoms. The van der Waals surface area contributed by atoms with Crippen molar-refractivity contribution in [3.05, 3.63) is 188 Å². The molecule has 0 amide bonds. The van der Waals surface area contributed by atoms with Crippen molar-refractivity contribution in [3.8, 4) is 45.3 Å². The fraction of sp³-hybridized carbons (Fsp3) is 0. The van der Waals surface area contributed by atoms with Gasteiger partial charge in [0.05, 0.1) is 0 Å². The normalized spacial score (nSPS) is 12.1. The molecule has 3 nitrogen and oxygen atoms in total. The van der Waals surface area contributed by atoms with Crippen LogP contribution in [0.2, 0.25) is 0 Å². The first-order valence-electron chi connectivity index (χ1n) is 20.0. The third-order valence-corrected chi connectivity index (χ3v) is 13.4. The minimum Gasteiger partial charge on any atom is -0.208 e. The first-order chi connectivity index (χ1) is 29.2. The monoisotopic (exact) mass is 765 g/mol. The number of benzene rings is 10. The Balaban J connectivity index is 1.13. The van der Waals surface area contributed by atoms with Crippen LogP contribution in [-0.4, -0.2) is 15.0 Å². The predicted molar refractivity (Wildman–Crippen MR) is 251 cm³/mol. The van der Waals surface area contributed by atoms with E-state index >= 15 is 0 Å². The van der Waals surface area contributed by atoms with Crippen molar-refractivity contribution in [2.75, 3.05) is 0 Å². The first-order valence-corrected chi connectivity index (χ1v) is 20.8. The number of aromatic nitrogens is 3. The van der Waals surface area contributed by atoms with Crippen LogP contribution in [0.3, 0.4) is 0 Å². The summed E-state index contributed by atoms with van der Waals surface area (Å²) in [5, 5.41) is 17.4. The lowest BCUT2D eigenvalue weighted by molar-refractivity contribution is 1.08. The molecule has 0 aliphatic rings. The molecule has 2 heterocycles. The van der Waals surface area contributed by atoms with Crippen molar-refractivity contribution in [1.82, 2.24) is 15.0 Å². The molecule has 11 aromatic carbocycles. The summed E-state index contributed by atoms with van der Waals surface area (Å²) >= 11 is 1.84. The van der Waals surface area contributed by atoms with Crippen LogP contribution in [-0.2, 0) is 0 Å². The van der Waals surface area contributed by atoms with Gasteiger partial charge in [0.25, 0.3) is 0 Å². The highest BCUT2D eigenvalue weighted by Crippen LogP contribution is 2.46. The van der Waals surface area contributed by atoms with E-state index < -0.39 is 0 Å². The van der Waals surface area contributed by atoms with Gasteiger partial charge in [0.15, 0.2) is 17.5 Å². The summed E-state index contributed by atoms with van der Waals surface area (Å²) in [6, 6.07) is 68.0. The average Bonchev–Trinajstić information content (AvgIpc) is 3.69. The molecular weight excluding hydrogens is 735 g/mol. The van der Waals surface area contributed by atoms with Gasteiger partial charge >= 0.3 is 0 Å². The van der Waals surface area contributed by atoms with E-state index in [1.54, 1.807) is 0 Å². The molecule has 0 saturated carbocycles. The smallest absolute Gasteiger partial charge is 0.164 e. The zero-order valence-corrected chi connectivity index (χ0v) is 32.5. The molecule has 0 bridgehead atoms. The molecule has 272 valence electrons. The Morgan fingerprint density at radius 2 is 0.780 bits per heavy atom. The van der Waals surface area contributed by atoms with Gasteiger partial charge in [0, 0.05) is 42.4 Å². The molecule has 0 unspecified atom stereocenters. The van der Waals surface area contributed by atoms with E-state index in [1.807, 2.05) is 29.5 Å². The second-order valence-corrected chi connectivity index (χ2v) is 16.5. The molecule has 0 saturated heterocycles. The lowest BCUT2D eigenvalue weighted by Crippen LogP contribution is -2.01. The Morgan fingerprint density at radius 1 is 0.288 bits per heavy atom. The highest BCUT2D eigenvalue weighted by molar-refractivity contribution is 7.26. The SMILES string of the molecule is c1ccc(-c2nc(-c3cc4ccc5cccc6c7cccc8ccc9cccc(c(c3)c4c56)c9c87)nc(-c3ccccc3-c3cccc4c3sc3ccccc34)n2)cc1. The van der Waals surface area contributed by atoms with Crippen molar-refractivity contribution in [3.63, 3.8) is 0 Å². The highest BCUT2D eigenvalue weighted by atomic mass is 32.1. The fourth-order valence-electron chi connectivity index (χ4n) is 9.63. The van der Waals surface area contributed by atoms with Gasteiger partial charge in [-0.25, -0.2) is 15.0 Å². The summed E-state index contributed by atoms with van der Waals surface area (Å²) in [4.78, 5) is 16.0. The van der Waals surface area contributed by atoms with Crippen LogP contribution in [0.25, 0.3) is 130 Å². The second kappa shape index (κ2) is 12.5. The maximum absolute atomic E-state index is 5.42. The van der Waals surface area contributed by atoms with Crippen LogP contribution in [0, 0.1) is 0 Å². The molecule has 0 fully saturated rings. The van der Waals surface area contributed by atoms with Crippen molar-refractivity contribution >= 4 is 96.1 Å². The summed E-state index contributed by atoms with van der Waals surface area (Å²) < 4.78 is 2.54. The average molecular weight is 766 g/mol. The van der Waals surface area contributed by atoms with Gasteiger partial charge in [-0.2, -0.15) is 0 Å². The van der Waals surface area contributed by atoms with Gasteiger partial charge in [-0.05, 0) is 88.4 Å². The minimum absolute atomic E-state index is 0.642. The van der Waals surface area contributed by atoms with Crippen LogP contribution in [0.4, 0.5) is 0 Å². The minimum atomic E-state index is 0.642. The highest BCUT2D eigenvalue weighted by Gasteiger charge is 2.21. The molecule has 0 atom stereocenters. The number of fused-ring (bicyclic) bond motifs is 5. The molecule has 0 aliphatic carbocycles. The van der Waals surface area contributed by atoms with Gasteiger partial charge in [-0.15, -0.1) is 11.3 Å². The van der Waals surface area contributed by atoms with Crippen LogP contribution < -0.4 is 0 Å². The van der Waals surface area contributed by atoms with E-state index in [0.29, 0.717) is 17.5 Å². The van der Waals surface area contributed by atoms with Crippen molar-refractivity contribution in [2.45, 2.75) is 0 Å². The van der Waals surface area contributed by atoms with E-state index in [4.69, 9.17) is 15.0 Å². The zero-order valence-electron chi connectivity index (χ0n) is 31.6. The molecule has 0 spiro atoms.